The molecule has 6 rings (SSSR count). The number of hydrogen-bond donors (Lipinski definition) is 1. The first-order valence-corrected chi connectivity index (χ1v) is 10.8. The molecule has 0 saturated heterocycles. The molecule has 1 aliphatic heterocycles. The summed E-state index contributed by atoms with van der Waals surface area (Å²) in [5, 5.41) is 3.17. The number of benzene rings is 1. The maximum absolute atomic E-state index is 12.4. The molecule has 4 saturated carbocycles. The molecule has 0 spiro atoms. The van der Waals surface area contributed by atoms with Crippen LogP contribution in [0.25, 0.3) is 0 Å². The van der Waals surface area contributed by atoms with E-state index in [1.165, 1.54) is 19.3 Å². The Morgan fingerprint density at radius 1 is 0.967 bits per heavy atom. The number of ether oxygens (including phenoxy) is 1. The van der Waals surface area contributed by atoms with Gasteiger partial charge in [-0.15, -0.1) is 0 Å². The summed E-state index contributed by atoms with van der Waals surface area (Å²) in [4.78, 5) is 50.3. The summed E-state index contributed by atoms with van der Waals surface area (Å²) in [6.07, 6.45) is 6.87. The Morgan fingerprint density at radius 2 is 1.50 bits per heavy atom. The quantitative estimate of drug-likeness (QED) is 0.574. The molecule has 4 aliphatic carbocycles. The fraction of sp³-hybridized carbons (Fsp3) is 0.565. The second-order valence-corrected chi connectivity index (χ2v) is 9.46. The summed E-state index contributed by atoms with van der Waals surface area (Å²) in [5.74, 6) is 0.514. The number of nitrogens with one attached hydrogen (secondary N) is 1. The molecule has 3 amide bonds. The highest BCUT2D eigenvalue weighted by Gasteiger charge is 2.51. The van der Waals surface area contributed by atoms with Crippen molar-refractivity contribution in [3.63, 3.8) is 0 Å². The van der Waals surface area contributed by atoms with Crippen LogP contribution in [-0.2, 0) is 14.3 Å². The molecular formula is C23H26N2O5. The molecule has 1 N–H and O–H groups in total. The lowest BCUT2D eigenvalue weighted by Crippen LogP contribution is -2.60. The van der Waals surface area contributed by atoms with Crippen molar-refractivity contribution in [2.75, 3.05) is 13.2 Å². The number of nitrogens with zero attached hydrogens (tertiary/aromatic N) is 1. The SMILES string of the molecule is O=C(COC(=O)CCN1C(=O)c2ccccc2C1=O)NC12CC3CC(CC(C3)C1)C2. The molecule has 0 aromatic heterocycles. The number of esters is 1. The Morgan fingerprint density at radius 3 is 2.03 bits per heavy atom. The Balaban J connectivity index is 1.09. The smallest absolute Gasteiger partial charge is 0.308 e. The van der Waals surface area contributed by atoms with Crippen molar-refractivity contribution in [2.24, 2.45) is 17.8 Å². The third-order valence-electron chi connectivity index (χ3n) is 7.22. The first kappa shape index (κ1) is 19.3. The maximum atomic E-state index is 12.4. The zero-order valence-electron chi connectivity index (χ0n) is 16.9. The van der Waals surface area contributed by atoms with Gasteiger partial charge < -0.3 is 10.1 Å². The van der Waals surface area contributed by atoms with E-state index < -0.39 is 17.8 Å². The molecule has 4 fully saturated rings. The van der Waals surface area contributed by atoms with Gasteiger partial charge in [-0.1, -0.05) is 12.1 Å². The Bertz CT molecular complexity index is 854. The van der Waals surface area contributed by atoms with E-state index in [0.717, 1.165) is 41.9 Å². The molecule has 30 heavy (non-hydrogen) atoms. The topological polar surface area (TPSA) is 92.8 Å². The van der Waals surface area contributed by atoms with Gasteiger partial charge in [0.2, 0.25) is 0 Å². The summed E-state index contributed by atoms with van der Waals surface area (Å²) >= 11 is 0. The minimum absolute atomic E-state index is 0.0538. The molecule has 4 bridgehead atoms. The van der Waals surface area contributed by atoms with Crippen molar-refractivity contribution in [3.05, 3.63) is 35.4 Å². The van der Waals surface area contributed by atoms with E-state index in [-0.39, 0.29) is 31.0 Å². The monoisotopic (exact) mass is 410 g/mol. The molecule has 1 aromatic carbocycles. The van der Waals surface area contributed by atoms with Gasteiger partial charge in [-0.05, 0) is 68.4 Å². The average Bonchev–Trinajstić information content (AvgIpc) is 2.94. The van der Waals surface area contributed by atoms with Gasteiger partial charge in [-0.25, -0.2) is 0 Å². The molecule has 0 radical (unpaired) electrons. The van der Waals surface area contributed by atoms with Crippen LogP contribution in [0.4, 0.5) is 0 Å². The second kappa shape index (κ2) is 7.22. The van der Waals surface area contributed by atoms with Gasteiger partial charge >= 0.3 is 5.97 Å². The zero-order chi connectivity index (χ0) is 20.9. The van der Waals surface area contributed by atoms with Crippen LogP contribution < -0.4 is 5.32 Å². The van der Waals surface area contributed by atoms with Gasteiger partial charge in [-0.3, -0.25) is 24.1 Å². The molecule has 1 aromatic rings. The third-order valence-corrected chi connectivity index (χ3v) is 7.22. The minimum atomic E-state index is -0.591. The number of amides is 3. The van der Waals surface area contributed by atoms with E-state index in [2.05, 4.69) is 5.32 Å². The second-order valence-electron chi connectivity index (χ2n) is 9.46. The van der Waals surface area contributed by atoms with Gasteiger partial charge in [0.15, 0.2) is 6.61 Å². The average molecular weight is 410 g/mol. The minimum Gasteiger partial charge on any atom is -0.456 e. The van der Waals surface area contributed by atoms with Gasteiger partial charge in [-0.2, -0.15) is 0 Å². The number of carbonyl (C=O) groups excluding carboxylic acids is 4. The van der Waals surface area contributed by atoms with E-state index in [9.17, 15) is 19.2 Å². The Kier molecular flexibility index (Phi) is 4.64. The van der Waals surface area contributed by atoms with Crippen LogP contribution in [0.5, 0.6) is 0 Å². The first-order valence-electron chi connectivity index (χ1n) is 10.8. The van der Waals surface area contributed by atoms with Crippen LogP contribution in [-0.4, -0.2) is 47.3 Å². The van der Waals surface area contributed by atoms with Crippen molar-refractivity contribution in [1.82, 2.24) is 10.2 Å². The van der Waals surface area contributed by atoms with Crippen LogP contribution in [0.1, 0.15) is 65.7 Å². The summed E-state index contributed by atoms with van der Waals surface area (Å²) in [5.41, 5.74) is 0.593. The lowest BCUT2D eigenvalue weighted by Gasteiger charge is -2.56. The normalized spacial score (nSPS) is 31.1. The molecule has 0 atom stereocenters. The number of hydrogen-bond acceptors (Lipinski definition) is 5. The zero-order valence-corrected chi connectivity index (χ0v) is 16.9. The predicted molar refractivity (Wildman–Crippen MR) is 106 cm³/mol. The maximum Gasteiger partial charge on any atom is 0.308 e. The van der Waals surface area contributed by atoms with Crippen molar-refractivity contribution < 1.29 is 23.9 Å². The molecule has 158 valence electrons. The number of fused-ring (bicyclic) bond motifs is 1. The lowest BCUT2D eigenvalue weighted by molar-refractivity contribution is -0.150. The van der Waals surface area contributed by atoms with Crippen LogP contribution in [0.2, 0.25) is 0 Å². The standard InChI is InChI=1S/C23H26N2O5/c26-19(24-23-10-14-7-15(11-23)9-16(8-14)12-23)13-30-20(27)5-6-25-21(28)17-3-1-2-4-18(17)22(25)29/h1-4,14-16H,5-13H2,(H,24,26). The van der Waals surface area contributed by atoms with Crippen molar-refractivity contribution in [1.29, 1.82) is 0 Å². The van der Waals surface area contributed by atoms with Crippen LogP contribution in [0.3, 0.4) is 0 Å². The van der Waals surface area contributed by atoms with Gasteiger partial charge in [0.1, 0.15) is 0 Å². The summed E-state index contributed by atoms with van der Waals surface area (Å²) < 4.78 is 5.12. The largest absolute Gasteiger partial charge is 0.456 e. The van der Waals surface area contributed by atoms with Crippen molar-refractivity contribution in [2.45, 2.75) is 50.5 Å². The summed E-state index contributed by atoms with van der Waals surface area (Å²) in [6.45, 7) is -0.371. The molecule has 7 nitrogen and oxygen atoms in total. The lowest BCUT2D eigenvalue weighted by atomic mass is 9.53. The Hall–Kier alpha value is -2.70. The predicted octanol–water partition coefficient (Wildman–Crippen LogP) is 2.30. The van der Waals surface area contributed by atoms with Gasteiger partial charge in [0.05, 0.1) is 17.5 Å². The molecule has 1 heterocycles. The highest BCUT2D eigenvalue weighted by molar-refractivity contribution is 6.21. The fourth-order valence-corrected chi connectivity index (χ4v) is 6.46. The molecule has 0 unspecified atom stereocenters. The van der Waals surface area contributed by atoms with E-state index in [4.69, 9.17) is 4.74 Å². The Labute approximate surface area is 175 Å². The van der Waals surface area contributed by atoms with E-state index in [1.54, 1.807) is 24.3 Å². The van der Waals surface area contributed by atoms with Crippen LogP contribution >= 0.6 is 0 Å². The number of carbonyl (C=O) groups is 4. The van der Waals surface area contributed by atoms with E-state index in [1.807, 2.05) is 0 Å². The first-order chi connectivity index (χ1) is 14.4. The number of rotatable bonds is 6. The van der Waals surface area contributed by atoms with Crippen LogP contribution in [0.15, 0.2) is 24.3 Å². The summed E-state index contributed by atoms with van der Waals surface area (Å²) in [6, 6.07) is 6.60. The highest BCUT2D eigenvalue weighted by atomic mass is 16.5. The van der Waals surface area contributed by atoms with Crippen LogP contribution in [0, 0.1) is 17.8 Å². The summed E-state index contributed by atoms with van der Waals surface area (Å²) in [7, 11) is 0. The van der Waals surface area contributed by atoms with Gasteiger partial charge in [0, 0.05) is 12.1 Å². The van der Waals surface area contributed by atoms with E-state index in [0.29, 0.717) is 11.1 Å². The van der Waals surface area contributed by atoms with E-state index >= 15 is 0 Å². The fourth-order valence-electron chi connectivity index (χ4n) is 6.46. The highest BCUT2D eigenvalue weighted by Crippen LogP contribution is 2.55. The van der Waals surface area contributed by atoms with Crippen molar-refractivity contribution in [3.8, 4) is 0 Å². The third kappa shape index (κ3) is 3.40. The van der Waals surface area contributed by atoms with Crippen molar-refractivity contribution >= 4 is 23.7 Å². The molecule has 5 aliphatic rings. The number of imide groups is 1. The van der Waals surface area contributed by atoms with Gasteiger partial charge in [0.25, 0.3) is 17.7 Å². The molecule has 7 heteroatoms. The molecular weight excluding hydrogens is 384 g/mol.